The molecule has 0 aliphatic carbocycles. The normalized spacial score (nSPS) is 12.0. The maximum Gasteiger partial charge on any atom is 0.264 e. The van der Waals surface area contributed by atoms with Crippen LogP contribution in [-0.2, 0) is 26.2 Å². The zero-order valence-electron chi connectivity index (χ0n) is 19.9. The van der Waals surface area contributed by atoms with Gasteiger partial charge in [-0.15, -0.1) is 0 Å². The van der Waals surface area contributed by atoms with Crippen molar-refractivity contribution < 1.29 is 18.0 Å². The van der Waals surface area contributed by atoms with Crippen LogP contribution >= 0.6 is 27.5 Å². The van der Waals surface area contributed by atoms with Crippen LogP contribution in [0.3, 0.4) is 0 Å². The first-order valence-corrected chi connectivity index (χ1v) is 13.9. The fraction of sp³-hybridized carbons (Fsp3) is 0.231. The molecule has 36 heavy (non-hydrogen) atoms. The number of rotatable bonds is 10. The van der Waals surface area contributed by atoms with Gasteiger partial charge in [-0.1, -0.05) is 63.9 Å². The quantitative estimate of drug-likeness (QED) is 0.365. The summed E-state index contributed by atoms with van der Waals surface area (Å²) in [5, 5.41) is 3.28. The zero-order chi connectivity index (χ0) is 26.3. The Labute approximate surface area is 225 Å². The van der Waals surface area contributed by atoms with Gasteiger partial charge in [-0.25, -0.2) is 8.42 Å². The van der Waals surface area contributed by atoms with Gasteiger partial charge < -0.3 is 10.2 Å². The number of hydrogen-bond acceptors (Lipinski definition) is 4. The first-order chi connectivity index (χ1) is 17.1. The SMILES string of the molecule is CCNC(=O)C(C)N(Cc1ccc(Cl)cc1)C(=O)CN(c1cccc(Br)c1)S(=O)(=O)c1ccccc1. The number of carbonyl (C=O) groups excluding carboxylic acids is 2. The van der Waals surface area contributed by atoms with Gasteiger partial charge >= 0.3 is 0 Å². The molecule has 1 N–H and O–H groups in total. The van der Waals surface area contributed by atoms with Crippen LogP contribution in [0.15, 0.2) is 88.2 Å². The van der Waals surface area contributed by atoms with E-state index in [9.17, 15) is 18.0 Å². The van der Waals surface area contributed by atoms with Gasteiger partial charge in [0.15, 0.2) is 0 Å². The molecule has 0 spiro atoms. The van der Waals surface area contributed by atoms with E-state index in [2.05, 4.69) is 21.2 Å². The Morgan fingerprint density at radius 3 is 2.28 bits per heavy atom. The number of nitrogens with zero attached hydrogens (tertiary/aromatic N) is 2. The molecule has 0 aromatic heterocycles. The molecule has 3 rings (SSSR count). The lowest BCUT2D eigenvalue weighted by atomic mass is 10.1. The van der Waals surface area contributed by atoms with E-state index in [0.29, 0.717) is 21.7 Å². The Kier molecular flexibility index (Phi) is 9.53. The maximum atomic E-state index is 13.7. The van der Waals surface area contributed by atoms with Crippen LogP contribution in [0.25, 0.3) is 0 Å². The molecule has 1 atom stereocenters. The molecule has 0 aliphatic rings. The van der Waals surface area contributed by atoms with Crippen LogP contribution in [0.1, 0.15) is 19.4 Å². The highest BCUT2D eigenvalue weighted by Gasteiger charge is 2.32. The molecule has 0 fully saturated rings. The zero-order valence-corrected chi connectivity index (χ0v) is 23.1. The Balaban J connectivity index is 2.01. The monoisotopic (exact) mass is 591 g/mol. The lowest BCUT2D eigenvalue weighted by Gasteiger charge is -2.32. The number of carbonyl (C=O) groups is 2. The number of halogens is 2. The largest absolute Gasteiger partial charge is 0.355 e. The summed E-state index contributed by atoms with van der Waals surface area (Å²) in [7, 11) is -4.09. The number of benzene rings is 3. The van der Waals surface area contributed by atoms with Crippen molar-refractivity contribution in [3.05, 3.63) is 93.9 Å². The van der Waals surface area contributed by atoms with Crippen LogP contribution in [0.5, 0.6) is 0 Å². The van der Waals surface area contributed by atoms with E-state index in [0.717, 1.165) is 9.87 Å². The van der Waals surface area contributed by atoms with Gasteiger partial charge in [-0.2, -0.15) is 0 Å². The number of amides is 2. The number of nitrogens with one attached hydrogen (secondary N) is 1. The minimum Gasteiger partial charge on any atom is -0.355 e. The van der Waals surface area contributed by atoms with E-state index in [1.54, 1.807) is 80.6 Å². The van der Waals surface area contributed by atoms with Crippen molar-refractivity contribution in [2.45, 2.75) is 31.3 Å². The lowest BCUT2D eigenvalue weighted by Crippen LogP contribution is -2.51. The van der Waals surface area contributed by atoms with Gasteiger partial charge in [0.05, 0.1) is 10.6 Å². The average molecular weight is 593 g/mol. The molecule has 1 unspecified atom stereocenters. The summed E-state index contributed by atoms with van der Waals surface area (Å²) in [5.41, 5.74) is 1.07. The molecule has 0 saturated carbocycles. The fourth-order valence-electron chi connectivity index (χ4n) is 3.57. The summed E-state index contributed by atoms with van der Waals surface area (Å²) in [6.45, 7) is 3.42. The third-order valence-corrected chi connectivity index (χ3v) is 8.02. The van der Waals surface area contributed by atoms with E-state index < -0.39 is 28.5 Å². The smallest absolute Gasteiger partial charge is 0.264 e. The van der Waals surface area contributed by atoms with Crippen molar-refractivity contribution in [1.82, 2.24) is 10.2 Å². The van der Waals surface area contributed by atoms with E-state index in [-0.39, 0.29) is 17.3 Å². The maximum absolute atomic E-state index is 13.7. The molecule has 0 heterocycles. The number of sulfonamides is 1. The molecule has 0 radical (unpaired) electrons. The average Bonchev–Trinajstić information content (AvgIpc) is 2.87. The van der Waals surface area contributed by atoms with Crippen LogP contribution < -0.4 is 9.62 Å². The van der Waals surface area contributed by atoms with E-state index >= 15 is 0 Å². The molecule has 7 nitrogen and oxygen atoms in total. The Morgan fingerprint density at radius 2 is 1.67 bits per heavy atom. The second-order valence-electron chi connectivity index (χ2n) is 8.02. The minimum atomic E-state index is -4.09. The highest BCUT2D eigenvalue weighted by Crippen LogP contribution is 2.27. The van der Waals surface area contributed by atoms with Crippen molar-refractivity contribution >= 4 is 55.1 Å². The Hall–Kier alpha value is -2.88. The topological polar surface area (TPSA) is 86.8 Å². The molecule has 0 saturated heterocycles. The highest BCUT2D eigenvalue weighted by atomic mass is 79.9. The molecule has 190 valence electrons. The van der Waals surface area contributed by atoms with E-state index in [1.807, 2.05) is 0 Å². The van der Waals surface area contributed by atoms with Gasteiger partial charge in [0, 0.05) is 22.6 Å². The van der Waals surface area contributed by atoms with E-state index in [4.69, 9.17) is 11.6 Å². The summed E-state index contributed by atoms with van der Waals surface area (Å²) >= 11 is 9.38. The van der Waals surface area contributed by atoms with Gasteiger partial charge in [-0.3, -0.25) is 13.9 Å². The van der Waals surface area contributed by atoms with Gasteiger partial charge in [0.2, 0.25) is 11.8 Å². The number of hydrogen-bond donors (Lipinski definition) is 1. The van der Waals surface area contributed by atoms with Crippen molar-refractivity contribution in [1.29, 1.82) is 0 Å². The summed E-state index contributed by atoms with van der Waals surface area (Å²) < 4.78 is 29.0. The number of anilines is 1. The predicted octanol–water partition coefficient (Wildman–Crippen LogP) is 4.85. The van der Waals surface area contributed by atoms with E-state index in [1.165, 1.54) is 17.0 Å². The summed E-state index contributed by atoms with van der Waals surface area (Å²) in [4.78, 5) is 27.8. The molecular weight excluding hydrogens is 566 g/mol. The molecule has 0 aliphatic heterocycles. The van der Waals surface area contributed by atoms with Gasteiger partial charge in [0.25, 0.3) is 10.0 Å². The van der Waals surface area contributed by atoms with Crippen molar-refractivity contribution in [2.75, 3.05) is 17.4 Å². The number of likely N-dealkylation sites (N-methyl/N-ethyl adjacent to an activating group) is 1. The third kappa shape index (κ3) is 6.87. The summed E-state index contributed by atoms with van der Waals surface area (Å²) in [5.74, 6) is -0.858. The highest BCUT2D eigenvalue weighted by molar-refractivity contribution is 9.10. The van der Waals surface area contributed by atoms with Crippen LogP contribution in [-0.4, -0.2) is 44.3 Å². The molecule has 3 aromatic rings. The summed E-state index contributed by atoms with van der Waals surface area (Å²) in [6, 6.07) is 20.7. The standard InChI is InChI=1S/C26H27BrClN3O4S/c1-3-29-26(33)19(2)30(17-20-12-14-22(28)15-13-20)25(32)18-31(23-9-7-8-21(27)16-23)36(34,35)24-10-5-4-6-11-24/h4-16,19H,3,17-18H2,1-2H3,(H,29,33). The summed E-state index contributed by atoms with van der Waals surface area (Å²) in [6.07, 6.45) is 0. The molecular formula is C26H27BrClN3O4S. The first-order valence-electron chi connectivity index (χ1n) is 11.3. The van der Waals surface area contributed by atoms with Crippen LogP contribution in [0, 0.1) is 0 Å². The van der Waals surface area contributed by atoms with Gasteiger partial charge in [-0.05, 0) is 61.9 Å². The third-order valence-electron chi connectivity index (χ3n) is 5.49. The Morgan fingerprint density at radius 1 is 1.00 bits per heavy atom. The molecule has 2 amide bonds. The van der Waals surface area contributed by atoms with Crippen molar-refractivity contribution in [3.63, 3.8) is 0 Å². The molecule has 0 bridgehead atoms. The van der Waals surface area contributed by atoms with Crippen LogP contribution in [0.4, 0.5) is 5.69 Å². The lowest BCUT2D eigenvalue weighted by molar-refractivity contribution is -0.139. The minimum absolute atomic E-state index is 0.0544. The van der Waals surface area contributed by atoms with Gasteiger partial charge in [0.1, 0.15) is 12.6 Å². The second-order valence-corrected chi connectivity index (χ2v) is 11.2. The van der Waals surface area contributed by atoms with Crippen LogP contribution in [0.2, 0.25) is 5.02 Å². The fourth-order valence-corrected chi connectivity index (χ4v) is 5.51. The van der Waals surface area contributed by atoms with Crippen molar-refractivity contribution in [3.8, 4) is 0 Å². The molecule has 3 aromatic carbocycles. The Bertz CT molecular complexity index is 1300. The first kappa shape index (κ1) is 27.7. The molecule has 10 heteroatoms. The second kappa shape index (κ2) is 12.4. The van der Waals surface area contributed by atoms with Crippen molar-refractivity contribution in [2.24, 2.45) is 0 Å². The predicted molar refractivity (Wildman–Crippen MR) is 145 cm³/mol.